The van der Waals surface area contributed by atoms with Crippen molar-refractivity contribution in [3.63, 3.8) is 0 Å². The van der Waals surface area contributed by atoms with Gasteiger partial charge in [-0.3, -0.25) is 0 Å². The van der Waals surface area contributed by atoms with Crippen molar-refractivity contribution in [3.05, 3.63) is 11.9 Å². The maximum atomic E-state index is 5.65. The normalized spacial score (nSPS) is 13.4. The van der Waals surface area contributed by atoms with Gasteiger partial charge in [-0.2, -0.15) is 15.0 Å². The molecule has 0 amide bonds. The molecule has 4 heteroatoms. The molecule has 0 aliphatic carbocycles. The molecular weight excluding hydrogens is 162 g/mol. The fourth-order valence-corrected chi connectivity index (χ4v) is 1.00. The molecule has 0 aliphatic heterocycles. The van der Waals surface area contributed by atoms with Gasteiger partial charge in [0.1, 0.15) is 0 Å². The number of nitrogens with zero attached hydrogens (tertiary/aromatic N) is 3. The zero-order valence-electron chi connectivity index (χ0n) is 6.79. The van der Waals surface area contributed by atoms with Crippen LogP contribution in [0.1, 0.15) is 12.6 Å². The molecule has 0 radical (unpaired) electrons. The number of hydrogen-bond donors (Lipinski definition) is 0. The minimum atomic E-state index is 0.480. The molecule has 0 bridgehead atoms. The molecule has 1 unspecified atom stereocenters. The van der Waals surface area contributed by atoms with Crippen molar-refractivity contribution in [1.82, 2.24) is 15.0 Å². The van der Waals surface area contributed by atoms with Crippen molar-refractivity contribution in [2.45, 2.75) is 13.3 Å². The highest BCUT2D eigenvalue weighted by atomic mass is 35.5. The summed E-state index contributed by atoms with van der Waals surface area (Å²) >= 11 is 5.65. The number of aromatic nitrogens is 3. The van der Waals surface area contributed by atoms with Gasteiger partial charge in [0.05, 0.1) is 11.9 Å². The van der Waals surface area contributed by atoms with Crippen molar-refractivity contribution in [3.8, 4) is 0 Å². The van der Waals surface area contributed by atoms with Crippen LogP contribution in [0.15, 0.2) is 6.20 Å². The molecule has 1 aromatic heterocycles. The predicted octanol–water partition coefficient (Wildman–Crippen LogP) is 1.23. The van der Waals surface area contributed by atoms with Crippen LogP contribution in [0.2, 0.25) is 0 Å². The summed E-state index contributed by atoms with van der Waals surface area (Å²) in [6.07, 6.45) is 2.69. The van der Waals surface area contributed by atoms with Gasteiger partial charge >= 0.3 is 0 Å². The Morgan fingerprint density at radius 1 is 1.73 bits per heavy atom. The van der Waals surface area contributed by atoms with E-state index in [0.717, 1.165) is 12.1 Å². The summed E-state index contributed by atoms with van der Waals surface area (Å²) in [6.45, 7) is 2.10. The molecule has 1 heterocycles. The second-order valence-corrected chi connectivity index (χ2v) is 3.10. The first-order chi connectivity index (χ1) is 5.22. The Morgan fingerprint density at radius 3 is 2.91 bits per heavy atom. The highest BCUT2D eigenvalue weighted by Crippen LogP contribution is 2.05. The molecule has 11 heavy (non-hydrogen) atoms. The van der Waals surface area contributed by atoms with E-state index in [1.54, 1.807) is 11.0 Å². The van der Waals surface area contributed by atoms with E-state index < -0.39 is 0 Å². The molecule has 1 atom stereocenters. The molecule has 62 valence electrons. The summed E-state index contributed by atoms with van der Waals surface area (Å²) in [5.74, 6) is 1.16. The Labute approximate surface area is 71.4 Å². The van der Waals surface area contributed by atoms with Gasteiger partial charge in [0.2, 0.25) is 0 Å². The Kier molecular flexibility index (Phi) is 2.88. The van der Waals surface area contributed by atoms with Crippen LogP contribution >= 0.6 is 11.6 Å². The van der Waals surface area contributed by atoms with Crippen molar-refractivity contribution < 1.29 is 0 Å². The maximum Gasteiger partial charge on any atom is 0.0830 e. The molecule has 0 spiro atoms. The van der Waals surface area contributed by atoms with Crippen LogP contribution in [0.4, 0.5) is 0 Å². The first-order valence-electron chi connectivity index (χ1n) is 3.63. The van der Waals surface area contributed by atoms with Gasteiger partial charge in [-0.15, -0.1) is 11.6 Å². The standard InChI is InChI=1S/C7H12ClN3/c1-6(4-8)3-7-5-9-11(2)10-7/h5-6H,3-4H2,1-2H3. The summed E-state index contributed by atoms with van der Waals surface area (Å²) < 4.78 is 0. The lowest BCUT2D eigenvalue weighted by atomic mass is 10.1. The van der Waals surface area contributed by atoms with Crippen LogP contribution in [0.25, 0.3) is 0 Å². The Hall–Kier alpha value is -0.570. The van der Waals surface area contributed by atoms with Crippen molar-refractivity contribution in [2.24, 2.45) is 13.0 Å². The van der Waals surface area contributed by atoms with Crippen molar-refractivity contribution in [1.29, 1.82) is 0 Å². The fraction of sp³-hybridized carbons (Fsp3) is 0.714. The SMILES string of the molecule is CC(CCl)Cc1cnn(C)n1. The summed E-state index contributed by atoms with van der Waals surface area (Å²) in [6, 6.07) is 0. The second kappa shape index (κ2) is 3.72. The lowest BCUT2D eigenvalue weighted by molar-refractivity contribution is 0.608. The summed E-state index contributed by atoms with van der Waals surface area (Å²) in [4.78, 5) is 1.57. The molecular formula is C7H12ClN3. The zero-order valence-corrected chi connectivity index (χ0v) is 7.54. The molecule has 3 nitrogen and oxygen atoms in total. The zero-order chi connectivity index (χ0) is 8.27. The molecule has 0 N–H and O–H groups in total. The van der Waals surface area contributed by atoms with E-state index in [4.69, 9.17) is 11.6 Å². The van der Waals surface area contributed by atoms with E-state index in [-0.39, 0.29) is 0 Å². The van der Waals surface area contributed by atoms with Crippen LogP contribution in [0.5, 0.6) is 0 Å². The molecule has 1 rings (SSSR count). The number of aryl methyl sites for hydroxylation is 1. The Morgan fingerprint density at radius 2 is 2.45 bits per heavy atom. The van der Waals surface area contributed by atoms with E-state index in [0.29, 0.717) is 11.8 Å². The van der Waals surface area contributed by atoms with Gasteiger partial charge in [0.25, 0.3) is 0 Å². The molecule has 0 fully saturated rings. The maximum absolute atomic E-state index is 5.65. The summed E-state index contributed by atoms with van der Waals surface area (Å²) in [7, 11) is 1.81. The van der Waals surface area contributed by atoms with Gasteiger partial charge in [-0.1, -0.05) is 6.92 Å². The average Bonchev–Trinajstić information content (AvgIpc) is 2.35. The molecule has 0 saturated heterocycles. The van der Waals surface area contributed by atoms with Gasteiger partial charge in [-0.05, 0) is 12.3 Å². The number of hydrogen-bond acceptors (Lipinski definition) is 2. The number of rotatable bonds is 3. The average molecular weight is 174 g/mol. The van der Waals surface area contributed by atoms with E-state index >= 15 is 0 Å². The van der Waals surface area contributed by atoms with E-state index in [1.165, 1.54) is 0 Å². The lowest BCUT2D eigenvalue weighted by Crippen LogP contribution is -2.02. The van der Waals surface area contributed by atoms with E-state index in [9.17, 15) is 0 Å². The number of alkyl halides is 1. The minimum Gasteiger partial charge on any atom is -0.188 e. The third kappa shape index (κ3) is 2.50. The topological polar surface area (TPSA) is 30.7 Å². The highest BCUT2D eigenvalue weighted by molar-refractivity contribution is 6.18. The van der Waals surface area contributed by atoms with E-state index in [2.05, 4.69) is 17.1 Å². The first kappa shape index (κ1) is 8.53. The van der Waals surface area contributed by atoms with Gasteiger partial charge in [-0.25, -0.2) is 0 Å². The molecule has 1 aromatic rings. The lowest BCUT2D eigenvalue weighted by Gasteiger charge is -2.01. The van der Waals surface area contributed by atoms with Crippen molar-refractivity contribution in [2.75, 3.05) is 5.88 Å². The fourth-order valence-electron chi connectivity index (χ4n) is 0.893. The molecule has 0 saturated carbocycles. The van der Waals surface area contributed by atoms with Gasteiger partial charge in [0.15, 0.2) is 0 Å². The molecule has 0 aliphatic rings. The minimum absolute atomic E-state index is 0.480. The van der Waals surface area contributed by atoms with Crippen LogP contribution in [0, 0.1) is 5.92 Å². The van der Waals surface area contributed by atoms with Crippen LogP contribution in [-0.4, -0.2) is 20.9 Å². The smallest absolute Gasteiger partial charge is 0.0830 e. The van der Waals surface area contributed by atoms with Gasteiger partial charge < -0.3 is 0 Å². The third-order valence-electron chi connectivity index (χ3n) is 1.47. The van der Waals surface area contributed by atoms with E-state index in [1.807, 2.05) is 7.05 Å². The van der Waals surface area contributed by atoms with Crippen molar-refractivity contribution >= 4 is 11.6 Å². The summed E-state index contributed by atoms with van der Waals surface area (Å²) in [5.41, 5.74) is 1.01. The quantitative estimate of drug-likeness (QED) is 0.644. The van der Waals surface area contributed by atoms with Crippen LogP contribution < -0.4 is 0 Å². The van der Waals surface area contributed by atoms with Crippen LogP contribution in [0.3, 0.4) is 0 Å². The Balaban J connectivity index is 2.50. The Bertz CT molecular complexity index is 221. The third-order valence-corrected chi connectivity index (χ3v) is 1.99. The highest BCUT2D eigenvalue weighted by Gasteiger charge is 2.04. The van der Waals surface area contributed by atoms with Gasteiger partial charge in [0, 0.05) is 12.9 Å². The first-order valence-corrected chi connectivity index (χ1v) is 4.17. The molecule has 0 aromatic carbocycles. The second-order valence-electron chi connectivity index (χ2n) is 2.79. The van der Waals surface area contributed by atoms with Crippen LogP contribution in [-0.2, 0) is 13.5 Å². The summed E-state index contributed by atoms with van der Waals surface area (Å²) in [5, 5.41) is 8.11. The monoisotopic (exact) mass is 173 g/mol. The number of halogens is 1. The largest absolute Gasteiger partial charge is 0.188 e. The predicted molar refractivity (Wildman–Crippen MR) is 44.6 cm³/mol.